The predicted octanol–water partition coefficient (Wildman–Crippen LogP) is 3.93. The summed E-state index contributed by atoms with van der Waals surface area (Å²) in [6, 6.07) is 13.3. The molecule has 0 N–H and O–H groups in total. The maximum absolute atomic E-state index is 13.1. The van der Waals surface area contributed by atoms with Crippen molar-refractivity contribution in [2.75, 3.05) is 6.61 Å². The van der Waals surface area contributed by atoms with E-state index in [9.17, 15) is 16.8 Å². The highest BCUT2D eigenvalue weighted by Gasteiger charge is 2.73. The van der Waals surface area contributed by atoms with Gasteiger partial charge in [0.05, 0.1) is 22.5 Å². The van der Waals surface area contributed by atoms with Crippen molar-refractivity contribution >= 4 is 20.2 Å². The number of hydrogen-bond acceptors (Lipinski definition) is 6. The molecule has 0 aromatic heterocycles. The van der Waals surface area contributed by atoms with E-state index < -0.39 is 26.3 Å². The van der Waals surface area contributed by atoms with Crippen LogP contribution in [0.15, 0.2) is 58.3 Å². The van der Waals surface area contributed by atoms with Crippen LogP contribution in [0.4, 0.5) is 0 Å². The fourth-order valence-electron chi connectivity index (χ4n) is 7.34. The van der Waals surface area contributed by atoms with Crippen molar-refractivity contribution in [3.63, 3.8) is 0 Å². The molecule has 33 heavy (non-hydrogen) atoms. The monoisotopic (exact) mass is 488 g/mol. The molecule has 2 bridgehead atoms. The molecule has 0 radical (unpaired) electrons. The molecular formula is C25H28O6S2. The van der Waals surface area contributed by atoms with Crippen LogP contribution in [0.25, 0.3) is 0 Å². The van der Waals surface area contributed by atoms with E-state index in [-0.39, 0.29) is 34.2 Å². The predicted molar refractivity (Wildman–Crippen MR) is 121 cm³/mol. The van der Waals surface area contributed by atoms with Crippen LogP contribution in [0.2, 0.25) is 0 Å². The summed E-state index contributed by atoms with van der Waals surface area (Å²) in [6.07, 6.45) is 1.60. The molecule has 176 valence electrons. The van der Waals surface area contributed by atoms with Crippen molar-refractivity contribution in [3.8, 4) is 0 Å². The van der Waals surface area contributed by atoms with E-state index in [1.165, 1.54) is 0 Å². The van der Waals surface area contributed by atoms with Crippen LogP contribution in [0, 0.1) is 55.3 Å². The first-order valence-corrected chi connectivity index (χ1v) is 14.4. The van der Waals surface area contributed by atoms with Crippen molar-refractivity contribution in [1.29, 1.82) is 0 Å². The first-order chi connectivity index (χ1) is 15.7. The Morgan fingerprint density at radius 3 is 1.85 bits per heavy atom. The van der Waals surface area contributed by atoms with E-state index in [4.69, 9.17) is 8.37 Å². The lowest BCUT2D eigenvalue weighted by atomic mass is 9.62. The van der Waals surface area contributed by atoms with Crippen LogP contribution < -0.4 is 0 Å². The Kier molecular flexibility index (Phi) is 4.87. The van der Waals surface area contributed by atoms with Crippen LogP contribution in [0.3, 0.4) is 0 Å². The number of aryl methyl sites for hydroxylation is 2. The largest absolute Gasteiger partial charge is 0.297 e. The number of rotatable bonds is 7. The maximum Gasteiger partial charge on any atom is 0.297 e. The van der Waals surface area contributed by atoms with Gasteiger partial charge in [0.25, 0.3) is 20.2 Å². The Balaban J connectivity index is 1.23. The Hall–Kier alpha value is -1.74. The molecule has 8 heteroatoms. The zero-order valence-corrected chi connectivity index (χ0v) is 20.3. The summed E-state index contributed by atoms with van der Waals surface area (Å²) in [6.45, 7) is 3.90. The average molecular weight is 489 g/mol. The normalized spacial score (nSPS) is 36.2. The van der Waals surface area contributed by atoms with Crippen molar-refractivity contribution in [2.24, 2.45) is 41.4 Å². The van der Waals surface area contributed by atoms with E-state index in [1.54, 1.807) is 48.5 Å². The lowest BCUT2D eigenvalue weighted by Gasteiger charge is -2.43. The van der Waals surface area contributed by atoms with Crippen molar-refractivity contribution in [2.45, 2.75) is 42.6 Å². The lowest BCUT2D eigenvalue weighted by molar-refractivity contribution is 0.0253. The topological polar surface area (TPSA) is 86.7 Å². The minimum atomic E-state index is -3.89. The molecule has 0 spiro atoms. The summed E-state index contributed by atoms with van der Waals surface area (Å²) in [7, 11) is -7.75. The van der Waals surface area contributed by atoms with Gasteiger partial charge >= 0.3 is 0 Å². The quantitative estimate of drug-likeness (QED) is 0.549. The van der Waals surface area contributed by atoms with Gasteiger partial charge in [-0.25, -0.2) is 0 Å². The molecule has 2 aromatic rings. The van der Waals surface area contributed by atoms with Gasteiger partial charge in [-0.3, -0.25) is 8.37 Å². The SMILES string of the molecule is Cc1ccc(S(=O)(=O)OCC2C3CC4C5C3CC5C(OS(=O)(=O)c3ccc(C)cc3)C24)cc1. The molecular weight excluding hydrogens is 460 g/mol. The van der Waals surface area contributed by atoms with Crippen molar-refractivity contribution < 1.29 is 25.2 Å². The molecule has 4 fully saturated rings. The summed E-state index contributed by atoms with van der Waals surface area (Å²) in [5, 5.41) is 0. The molecule has 6 nitrogen and oxygen atoms in total. The highest BCUT2D eigenvalue weighted by Crippen LogP contribution is 2.75. The summed E-state index contributed by atoms with van der Waals surface area (Å²) in [5.41, 5.74) is 1.97. The van der Waals surface area contributed by atoms with Crippen molar-refractivity contribution in [1.82, 2.24) is 0 Å². The highest BCUT2D eigenvalue weighted by molar-refractivity contribution is 7.87. The van der Waals surface area contributed by atoms with Crippen LogP contribution in [0.5, 0.6) is 0 Å². The Morgan fingerprint density at radius 1 is 0.697 bits per heavy atom. The Morgan fingerprint density at radius 2 is 1.24 bits per heavy atom. The van der Waals surface area contributed by atoms with Gasteiger partial charge in [0.2, 0.25) is 0 Å². The second-order valence-electron chi connectivity index (χ2n) is 10.3. The van der Waals surface area contributed by atoms with Crippen LogP contribution in [0.1, 0.15) is 24.0 Å². The molecule has 2 aromatic carbocycles. The Bertz CT molecular complexity index is 1280. The fraction of sp³-hybridized carbons (Fsp3) is 0.520. The third-order valence-electron chi connectivity index (χ3n) is 8.73. The van der Waals surface area contributed by atoms with Crippen LogP contribution in [-0.4, -0.2) is 29.5 Å². The molecule has 4 saturated carbocycles. The van der Waals surface area contributed by atoms with Gasteiger partial charge in [-0.1, -0.05) is 35.4 Å². The van der Waals surface area contributed by atoms with E-state index in [2.05, 4.69) is 0 Å². The van der Waals surface area contributed by atoms with E-state index in [0.29, 0.717) is 23.7 Å². The second kappa shape index (κ2) is 7.38. The molecule has 0 amide bonds. The van der Waals surface area contributed by atoms with E-state index in [1.807, 2.05) is 13.8 Å². The van der Waals surface area contributed by atoms with Gasteiger partial charge in [-0.15, -0.1) is 0 Å². The molecule has 4 aliphatic rings. The lowest BCUT2D eigenvalue weighted by Crippen LogP contribution is -2.40. The average Bonchev–Trinajstić information content (AvgIpc) is 3.23. The summed E-state index contributed by atoms with van der Waals surface area (Å²) in [4.78, 5) is 0.326. The third-order valence-corrected chi connectivity index (χ3v) is 11.4. The molecule has 6 rings (SSSR count). The first-order valence-electron chi connectivity index (χ1n) is 11.6. The van der Waals surface area contributed by atoms with Crippen LogP contribution in [-0.2, 0) is 28.6 Å². The van der Waals surface area contributed by atoms with E-state index >= 15 is 0 Å². The summed E-state index contributed by atoms with van der Waals surface area (Å²) in [5.74, 6) is 2.14. The number of benzene rings is 2. The molecule has 4 aliphatic carbocycles. The minimum absolute atomic E-state index is 0.00203. The molecule has 8 atom stereocenters. The van der Waals surface area contributed by atoms with Gasteiger partial charge in [-0.2, -0.15) is 16.8 Å². The van der Waals surface area contributed by atoms with Crippen molar-refractivity contribution in [3.05, 3.63) is 59.7 Å². The van der Waals surface area contributed by atoms with Gasteiger partial charge in [0.1, 0.15) is 0 Å². The van der Waals surface area contributed by atoms with Gasteiger partial charge < -0.3 is 0 Å². The number of hydrogen-bond donors (Lipinski definition) is 0. The molecule has 8 unspecified atom stereocenters. The van der Waals surface area contributed by atoms with Gasteiger partial charge in [0.15, 0.2) is 0 Å². The Labute approximate surface area is 195 Å². The third kappa shape index (κ3) is 3.32. The van der Waals surface area contributed by atoms with Gasteiger partial charge in [-0.05, 0) is 92.4 Å². The molecule has 0 aliphatic heterocycles. The first kappa shape index (κ1) is 21.8. The number of fused-ring (bicyclic) bond motifs is 2. The second-order valence-corrected chi connectivity index (χ2v) is 13.5. The van der Waals surface area contributed by atoms with Gasteiger partial charge in [0, 0.05) is 0 Å². The minimum Gasteiger partial charge on any atom is -0.266 e. The maximum atomic E-state index is 13.1. The zero-order chi connectivity index (χ0) is 23.1. The molecule has 0 saturated heterocycles. The summed E-state index contributed by atoms with van der Waals surface area (Å²) < 4.78 is 63.1. The van der Waals surface area contributed by atoms with Crippen LogP contribution >= 0.6 is 0 Å². The standard InChI is InChI=1S/C25H28O6S2/c1-14-3-7-16(8-4-14)32(26,27)30-13-22-18-11-20-23-19(18)12-21(23)25(24(20)22)31-33(28,29)17-9-5-15(2)6-10-17/h3-10,18-25H,11-13H2,1-2H3. The van der Waals surface area contributed by atoms with E-state index in [0.717, 1.165) is 24.0 Å². The smallest absolute Gasteiger partial charge is 0.266 e. The fourth-order valence-corrected chi connectivity index (χ4v) is 9.43. The highest BCUT2D eigenvalue weighted by atomic mass is 32.2. The molecule has 0 heterocycles. The zero-order valence-electron chi connectivity index (χ0n) is 18.6. The summed E-state index contributed by atoms with van der Waals surface area (Å²) >= 11 is 0.